The maximum atomic E-state index is 11.4. The van der Waals surface area contributed by atoms with E-state index in [1.165, 1.54) is 27.5 Å². The van der Waals surface area contributed by atoms with Crippen molar-refractivity contribution in [2.75, 3.05) is 13.1 Å². The Kier molecular flexibility index (Phi) is 4.19. The third-order valence-electron chi connectivity index (χ3n) is 6.52. The van der Waals surface area contributed by atoms with Crippen LogP contribution in [-0.4, -0.2) is 34.6 Å². The van der Waals surface area contributed by atoms with Crippen LogP contribution in [0.15, 0.2) is 48.7 Å². The van der Waals surface area contributed by atoms with Crippen molar-refractivity contribution in [1.29, 1.82) is 0 Å². The van der Waals surface area contributed by atoms with Crippen molar-refractivity contribution in [3.05, 3.63) is 59.9 Å². The van der Waals surface area contributed by atoms with Gasteiger partial charge in [-0.1, -0.05) is 18.2 Å². The second kappa shape index (κ2) is 6.76. The third-order valence-corrected chi connectivity index (χ3v) is 6.52. The van der Waals surface area contributed by atoms with Crippen LogP contribution in [0, 0.1) is 6.92 Å². The number of rotatable bonds is 1. The highest BCUT2D eigenvalue weighted by atomic mass is 16.5. The molecule has 2 aliphatic rings. The van der Waals surface area contributed by atoms with E-state index in [-0.39, 0.29) is 11.6 Å². The molecular formula is C24H25N3O2. The van der Waals surface area contributed by atoms with Crippen LogP contribution in [0.4, 0.5) is 4.79 Å². The SMILES string of the molecule is Cc1nccc2cc(-c3ccc4c(c3)CCC3(CCN(C(N)=O)CC3)O4)ccc12. The van der Waals surface area contributed by atoms with Gasteiger partial charge in [0, 0.05) is 43.2 Å². The highest BCUT2D eigenvalue weighted by molar-refractivity contribution is 5.88. The summed E-state index contributed by atoms with van der Waals surface area (Å²) in [6.45, 7) is 3.39. The zero-order chi connectivity index (χ0) is 20.0. The number of hydrogen-bond donors (Lipinski definition) is 1. The van der Waals surface area contributed by atoms with Crippen LogP contribution in [0.3, 0.4) is 0 Å². The predicted octanol–water partition coefficient (Wildman–Crippen LogP) is 4.45. The number of nitrogens with zero attached hydrogens (tertiary/aromatic N) is 2. The fraction of sp³-hybridized carbons (Fsp3) is 0.333. The minimum Gasteiger partial charge on any atom is -0.487 e. The predicted molar refractivity (Wildman–Crippen MR) is 114 cm³/mol. The number of benzene rings is 2. The standard InChI is InChI=1S/C24H25N3O2/c1-16-21-4-2-17(14-19(21)7-11-26-16)18-3-5-22-20(15-18)6-8-24(29-22)9-12-27(13-10-24)23(25)28/h2-5,7,11,14-15H,6,8-10,12-13H2,1H3,(H2,25,28). The monoisotopic (exact) mass is 387 g/mol. The quantitative estimate of drug-likeness (QED) is 0.671. The second-order valence-electron chi connectivity index (χ2n) is 8.27. The minimum absolute atomic E-state index is 0.159. The van der Waals surface area contributed by atoms with E-state index in [1.54, 1.807) is 4.90 Å². The summed E-state index contributed by atoms with van der Waals surface area (Å²) in [6, 6.07) is 14.8. The number of nitrogens with two attached hydrogens (primary N) is 1. The molecule has 0 unspecified atom stereocenters. The Morgan fingerprint density at radius 1 is 1.07 bits per heavy atom. The molecule has 2 aromatic carbocycles. The number of pyridine rings is 1. The summed E-state index contributed by atoms with van der Waals surface area (Å²) in [4.78, 5) is 17.5. The molecule has 1 spiro atoms. The van der Waals surface area contributed by atoms with Gasteiger partial charge < -0.3 is 15.4 Å². The summed E-state index contributed by atoms with van der Waals surface area (Å²) < 4.78 is 6.48. The summed E-state index contributed by atoms with van der Waals surface area (Å²) in [7, 11) is 0. The van der Waals surface area contributed by atoms with Crippen LogP contribution < -0.4 is 10.5 Å². The van der Waals surface area contributed by atoms with Crippen LogP contribution >= 0.6 is 0 Å². The molecule has 5 heteroatoms. The normalized spacial score (nSPS) is 17.8. The number of ether oxygens (including phenoxy) is 1. The summed E-state index contributed by atoms with van der Waals surface area (Å²) in [5.41, 5.74) is 10.00. The molecule has 0 saturated carbocycles. The van der Waals surface area contributed by atoms with Gasteiger partial charge >= 0.3 is 6.03 Å². The number of carbonyl (C=O) groups is 1. The van der Waals surface area contributed by atoms with Crippen LogP contribution in [0.2, 0.25) is 0 Å². The third kappa shape index (κ3) is 3.20. The molecule has 2 N–H and O–H groups in total. The van der Waals surface area contributed by atoms with E-state index in [0.29, 0.717) is 13.1 Å². The number of amides is 2. The van der Waals surface area contributed by atoms with E-state index < -0.39 is 0 Å². The number of aromatic nitrogens is 1. The lowest BCUT2D eigenvalue weighted by molar-refractivity contribution is -0.00471. The lowest BCUT2D eigenvalue weighted by Gasteiger charge is -2.44. The summed E-state index contributed by atoms with van der Waals surface area (Å²) in [6.07, 6.45) is 5.53. The molecule has 0 bridgehead atoms. The smallest absolute Gasteiger partial charge is 0.314 e. The molecule has 0 aliphatic carbocycles. The number of hydrogen-bond acceptors (Lipinski definition) is 3. The average Bonchev–Trinajstić information content (AvgIpc) is 2.74. The Morgan fingerprint density at radius 3 is 2.62 bits per heavy atom. The Hall–Kier alpha value is -3.08. The van der Waals surface area contributed by atoms with E-state index in [9.17, 15) is 4.79 Å². The van der Waals surface area contributed by atoms with Crippen molar-refractivity contribution in [2.24, 2.45) is 5.73 Å². The zero-order valence-electron chi connectivity index (χ0n) is 16.6. The zero-order valence-corrected chi connectivity index (χ0v) is 16.6. The fourth-order valence-corrected chi connectivity index (χ4v) is 4.70. The Labute approximate surface area is 170 Å². The van der Waals surface area contributed by atoms with E-state index in [4.69, 9.17) is 10.5 Å². The molecule has 1 fully saturated rings. The second-order valence-corrected chi connectivity index (χ2v) is 8.27. The van der Waals surface area contributed by atoms with Crippen LogP contribution in [0.1, 0.15) is 30.5 Å². The molecule has 148 valence electrons. The fourth-order valence-electron chi connectivity index (χ4n) is 4.70. The number of primary amides is 1. The molecule has 29 heavy (non-hydrogen) atoms. The Balaban J connectivity index is 1.40. The van der Waals surface area contributed by atoms with Crippen molar-refractivity contribution >= 4 is 16.8 Å². The van der Waals surface area contributed by atoms with Crippen molar-refractivity contribution in [2.45, 2.75) is 38.2 Å². The van der Waals surface area contributed by atoms with Gasteiger partial charge in [0.25, 0.3) is 0 Å². The molecule has 2 amide bonds. The number of likely N-dealkylation sites (tertiary alicyclic amines) is 1. The van der Waals surface area contributed by atoms with Gasteiger partial charge in [0.15, 0.2) is 0 Å². The van der Waals surface area contributed by atoms with Gasteiger partial charge in [-0.15, -0.1) is 0 Å². The Morgan fingerprint density at radius 2 is 1.83 bits per heavy atom. The molecule has 0 atom stereocenters. The summed E-state index contributed by atoms with van der Waals surface area (Å²) in [5.74, 6) is 0.980. The van der Waals surface area contributed by atoms with E-state index in [1.807, 2.05) is 13.1 Å². The topological polar surface area (TPSA) is 68.5 Å². The van der Waals surface area contributed by atoms with Crippen LogP contribution in [0.25, 0.3) is 21.9 Å². The highest BCUT2D eigenvalue weighted by Gasteiger charge is 2.40. The molecule has 5 rings (SSSR count). The van der Waals surface area contributed by atoms with Gasteiger partial charge in [-0.25, -0.2) is 4.79 Å². The first-order chi connectivity index (χ1) is 14.0. The molecule has 0 radical (unpaired) electrons. The first-order valence-corrected chi connectivity index (χ1v) is 10.3. The largest absolute Gasteiger partial charge is 0.487 e. The van der Waals surface area contributed by atoms with Crippen molar-refractivity contribution in [1.82, 2.24) is 9.88 Å². The number of carbonyl (C=O) groups excluding carboxylic acids is 1. The van der Waals surface area contributed by atoms with Crippen LogP contribution in [0.5, 0.6) is 5.75 Å². The molecule has 3 heterocycles. The van der Waals surface area contributed by atoms with E-state index in [2.05, 4.69) is 47.4 Å². The minimum atomic E-state index is -0.331. The van der Waals surface area contributed by atoms with Crippen LogP contribution in [-0.2, 0) is 6.42 Å². The van der Waals surface area contributed by atoms with Crippen molar-refractivity contribution in [3.8, 4) is 16.9 Å². The number of piperidine rings is 1. The maximum absolute atomic E-state index is 11.4. The summed E-state index contributed by atoms with van der Waals surface area (Å²) >= 11 is 0. The lowest BCUT2D eigenvalue weighted by atomic mass is 9.82. The van der Waals surface area contributed by atoms with Gasteiger partial charge in [0.05, 0.1) is 0 Å². The molecule has 1 saturated heterocycles. The van der Waals surface area contributed by atoms with Gasteiger partial charge in [0.1, 0.15) is 11.4 Å². The van der Waals surface area contributed by atoms with Gasteiger partial charge in [0.2, 0.25) is 0 Å². The van der Waals surface area contributed by atoms with E-state index in [0.717, 1.165) is 37.1 Å². The van der Waals surface area contributed by atoms with Crippen molar-refractivity contribution in [3.63, 3.8) is 0 Å². The van der Waals surface area contributed by atoms with Crippen molar-refractivity contribution < 1.29 is 9.53 Å². The van der Waals surface area contributed by atoms with Gasteiger partial charge in [-0.2, -0.15) is 0 Å². The van der Waals surface area contributed by atoms with E-state index >= 15 is 0 Å². The first-order valence-electron chi connectivity index (χ1n) is 10.3. The average molecular weight is 387 g/mol. The molecule has 5 nitrogen and oxygen atoms in total. The Bertz CT molecular complexity index is 1100. The van der Waals surface area contributed by atoms with Gasteiger partial charge in [-0.3, -0.25) is 4.98 Å². The number of aryl methyl sites for hydroxylation is 2. The molecular weight excluding hydrogens is 362 g/mol. The molecule has 3 aromatic rings. The molecule has 1 aromatic heterocycles. The first kappa shape index (κ1) is 18.0. The van der Waals surface area contributed by atoms with Gasteiger partial charge in [-0.05, 0) is 66.1 Å². The lowest BCUT2D eigenvalue weighted by Crippen LogP contribution is -2.52. The highest BCUT2D eigenvalue weighted by Crippen LogP contribution is 2.41. The number of fused-ring (bicyclic) bond motifs is 2. The summed E-state index contributed by atoms with van der Waals surface area (Å²) in [5, 5.41) is 2.41. The molecule has 2 aliphatic heterocycles. The maximum Gasteiger partial charge on any atom is 0.314 e. The number of urea groups is 1.